The van der Waals surface area contributed by atoms with Crippen molar-refractivity contribution in [2.24, 2.45) is 0 Å². The Kier molecular flexibility index (Phi) is 6.10. The second-order valence-corrected chi connectivity index (χ2v) is 8.61. The molecule has 34 heavy (non-hydrogen) atoms. The fraction of sp³-hybridized carbons (Fsp3) is 0.320. The summed E-state index contributed by atoms with van der Waals surface area (Å²) in [6, 6.07) is 13.5. The molecule has 1 aliphatic heterocycles. The van der Waals surface area contributed by atoms with E-state index in [-0.39, 0.29) is 12.2 Å². The second-order valence-electron chi connectivity index (χ2n) is 8.61. The number of fused-ring (bicyclic) bond motifs is 1. The minimum Gasteiger partial charge on any atom is -0.372 e. The number of aromatic nitrogens is 4. The number of nitrogens with zero attached hydrogens (tertiary/aromatic N) is 5. The lowest BCUT2D eigenvalue weighted by Crippen LogP contribution is -2.45. The zero-order valence-electron chi connectivity index (χ0n) is 19.0. The van der Waals surface area contributed by atoms with Crippen molar-refractivity contribution in [1.82, 2.24) is 19.7 Å². The van der Waals surface area contributed by atoms with Crippen LogP contribution in [0.1, 0.15) is 13.8 Å². The van der Waals surface area contributed by atoms with Crippen LogP contribution in [0.4, 0.5) is 26.1 Å². The summed E-state index contributed by atoms with van der Waals surface area (Å²) in [5.41, 5.74) is 3.50. The summed E-state index contributed by atoms with van der Waals surface area (Å²) in [6.45, 7) is 5.32. The maximum Gasteiger partial charge on any atom is 0.257 e. The normalized spacial score (nSPS) is 18.6. The molecule has 1 N–H and O–H groups in total. The molecule has 4 heterocycles. The first-order valence-corrected chi connectivity index (χ1v) is 11.3. The van der Waals surface area contributed by atoms with Crippen molar-refractivity contribution in [2.45, 2.75) is 39.0 Å². The zero-order chi connectivity index (χ0) is 23.7. The molecule has 176 valence electrons. The summed E-state index contributed by atoms with van der Waals surface area (Å²) in [5.74, 6) is 1.60. The predicted octanol–water partition coefficient (Wildman–Crippen LogP) is 5.12. The number of alkyl halides is 2. The van der Waals surface area contributed by atoms with Gasteiger partial charge in [0, 0.05) is 42.6 Å². The number of pyridine rings is 2. The molecule has 0 aliphatic carbocycles. The fourth-order valence-corrected chi connectivity index (χ4v) is 4.40. The van der Waals surface area contributed by atoms with E-state index in [0.717, 1.165) is 41.1 Å². The number of halogens is 2. The highest BCUT2D eigenvalue weighted by Gasteiger charge is 2.23. The standard InChI is InChI=1S/C25H26F2N6O/c1-16-13-32(14-17(2)34-16)25-11-21(6-8-29-25)31-24-10-19(5-7-28-24)18-3-4-22-20(9-18)12-30-33(22)15-23(26)27/h3-12,16-17,23H,13-15H2,1-2H3,(H,28,29,31)/t16-,17+. The molecule has 7 nitrogen and oxygen atoms in total. The molecular formula is C25H26F2N6O. The van der Waals surface area contributed by atoms with E-state index in [2.05, 4.69) is 39.1 Å². The Labute approximate surface area is 196 Å². The molecule has 0 radical (unpaired) electrons. The quantitative estimate of drug-likeness (QED) is 0.427. The second kappa shape index (κ2) is 9.34. The van der Waals surface area contributed by atoms with E-state index in [0.29, 0.717) is 11.3 Å². The minimum atomic E-state index is -2.44. The molecule has 0 saturated carbocycles. The topological polar surface area (TPSA) is 68.1 Å². The number of morpholine rings is 1. The van der Waals surface area contributed by atoms with Crippen LogP contribution >= 0.6 is 0 Å². The van der Waals surface area contributed by atoms with Crippen LogP contribution in [-0.4, -0.2) is 51.5 Å². The van der Waals surface area contributed by atoms with Gasteiger partial charge in [-0.05, 0) is 55.3 Å². The summed E-state index contributed by atoms with van der Waals surface area (Å²) >= 11 is 0. The Bertz CT molecular complexity index is 1280. The lowest BCUT2D eigenvalue weighted by Gasteiger charge is -2.36. The van der Waals surface area contributed by atoms with Crippen molar-refractivity contribution in [3.63, 3.8) is 0 Å². The Morgan fingerprint density at radius 1 is 1.00 bits per heavy atom. The maximum absolute atomic E-state index is 12.8. The number of hydrogen-bond acceptors (Lipinski definition) is 6. The van der Waals surface area contributed by atoms with Crippen LogP contribution in [0.5, 0.6) is 0 Å². The van der Waals surface area contributed by atoms with Gasteiger partial charge in [-0.1, -0.05) is 6.07 Å². The molecule has 1 saturated heterocycles. The molecule has 0 unspecified atom stereocenters. The Balaban J connectivity index is 1.36. The van der Waals surface area contributed by atoms with Gasteiger partial charge in [-0.15, -0.1) is 0 Å². The predicted molar refractivity (Wildman–Crippen MR) is 129 cm³/mol. The summed E-state index contributed by atoms with van der Waals surface area (Å²) in [6.07, 6.45) is 3.02. The van der Waals surface area contributed by atoms with Crippen molar-refractivity contribution < 1.29 is 13.5 Å². The van der Waals surface area contributed by atoms with E-state index < -0.39 is 13.0 Å². The highest BCUT2D eigenvalue weighted by Crippen LogP contribution is 2.28. The molecule has 0 spiro atoms. The van der Waals surface area contributed by atoms with Crippen LogP contribution in [0, 0.1) is 0 Å². The van der Waals surface area contributed by atoms with E-state index in [9.17, 15) is 8.78 Å². The van der Waals surface area contributed by atoms with Gasteiger partial charge in [-0.2, -0.15) is 5.10 Å². The fourth-order valence-electron chi connectivity index (χ4n) is 4.40. The molecule has 5 rings (SSSR count). The molecule has 1 fully saturated rings. The van der Waals surface area contributed by atoms with Crippen molar-refractivity contribution in [3.05, 3.63) is 61.1 Å². The SMILES string of the molecule is C[C@@H]1CN(c2cc(Nc3cc(-c4ccc5c(cnn5CC(F)F)c4)ccn3)ccn2)C[C@H](C)O1. The largest absolute Gasteiger partial charge is 0.372 e. The van der Waals surface area contributed by atoms with Gasteiger partial charge in [0.1, 0.15) is 18.2 Å². The Morgan fingerprint density at radius 3 is 2.56 bits per heavy atom. The number of benzene rings is 1. The molecule has 0 amide bonds. The first-order valence-electron chi connectivity index (χ1n) is 11.3. The number of ether oxygens (including phenoxy) is 1. The van der Waals surface area contributed by atoms with E-state index in [4.69, 9.17) is 4.74 Å². The maximum atomic E-state index is 12.8. The van der Waals surface area contributed by atoms with Crippen LogP contribution in [0.25, 0.3) is 22.0 Å². The summed E-state index contributed by atoms with van der Waals surface area (Å²) in [4.78, 5) is 11.2. The van der Waals surface area contributed by atoms with Gasteiger partial charge in [0.15, 0.2) is 0 Å². The van der Waals surface area contributed by atoms with Gasteiger partial charge < -0.3 is 15.0 Å². The van der Waals surface area contributed by atoms with Crippen LogP contribution in [0.2, 0.25) is 0 Å². The lowest BCUT2D eigenvalue weighted by atomic mass is 10.1. The van der Waals surface area contributed by atoms with Gasteiger partial charge in [0.2, 0.25) is 0 Å². The molecule has 9 heteroatoms. The molecule has 3 aromatic heterocycles. The van der Waals surface area contributed by atoms with Gasteiger partial charge in [0.05, 0.1) is 23.9 Å². The molecule has 0 bridgehead atoms. The van der Waals surface area contributed by atoms with Crippen molar-refractivity contribution in [2.75, 3.05) is 23.3 Å². The molecular weight excluding hydrogens is 438 g/mol. The summed E-state index contributed by atoms with van der Waals surface area (Å²) in [5, 5.41) is 8.28. The third kappa shape index (κ3) is 4.84. The average molecular weight is 465 g/mol. The zero-order valence-corrected chi connectivity index (χ0v) is 19.0. The third-order valence-corrected chi connectivity index (χ3v) is 5.81. The molecule has 2 atom stereocenters. The van der Waals surface area contributed by atoms with E-state index in [1.54, 1.807) is 18.6 Å². The first-order chi connectivity index (χ1) is 16.4. The van der Waals surface area contributed by atoms with Gasteiger partial charge in [-0.3, -0.25) is 4.68 Å². The third-order valence-electron chi connectivity index (χ3n) is 5.81. The van der Waals surface area contributed by atoms with Crippen LogP contribution < -0.4 is 10.2 Å². The van der Waals surface area contributed by atoms with Crippen molar-refractivity contribution in [3.8, 4) is 11.1 Å². The van der Waals surface area contributed by atoms with E-state index in [1.165, 1.54) is 4.68 Å². The van der Waals surface area contributed by atoms with E-state index in [1.807, 2.05) is 42.5 Å². The number of nitrogens with one attached hydrogen (secondary N) is 1. The van der Waals surface area contributed by atoms with Crippen LogP contribution in [0.3, 0.4) is 0 Å². The minimum absolute atomic E-state index is 0.153. The molecule has 1 aromatic carbocycles. The first kappa shape index (κ1) is 22.2. The number of hydrogen-bond donors (Lipinski definition) is 1. The molecule has 1 aliphatic rings. The number of rotatable bonds is 6. The monoisotopic (exact) mass is 464 g/mol. The van der Waals surface area contributed by atoms with Gasteiger partial charge >= 0.3 is 0 Å². The highest BCUT2D eigenvalue weighted by molar-refractivity contribution is 5.85. The van der Waals surface area contributed by atoms with Crippen molar-refractivity contribution >= 4 is 28.2 Å². The Hall–Kier alpha value is -3.59. The van der Waals surface area contributed by atoms with Gasteiger partial charge in [0.25, 0.3) is 6.43 Å². The highest BCUT2D eigenvalue weighted by atomic mass is 19.3. The van der Waals surface area contributed by atoms with Crippen LogP contribution in [-0.2, 0) is 11.3 Å². The van der Waals surface area contributed by atoms with Gasteiger partial charge in [-0.25, -0.2) is 18.7 Å². The summed E-state index contributed by atoms with van der Waals surface area (Å²) < 4.78 is 32.7. The van der Waals surface area contributed by atoms with Crippen LogP contribution in [0.15, 0.2) is 61.1 Å². The summed E-state index contributed by atoms with van der Waals surface area (Å²) in [7, 11) is 0. The average Bonchev–Trinajstić information content (AvgIpc) is 3.20. The lowest BCUT2D eigenvalue weighted by molar-refractivity contribution is -0.00545. The Morgan fingerprint density at radius 2 is 1.76 bits per heavy atom. The van der Waals surface area contributed by atoms with Crippen molar-refractivity contribution in [1.29, 1.82) is 0 Å². The molecule has 4 aromatic rings. The number of anilines is 3. The smallest absolute Gasteiger partial charge is 0.257 e. The van der Waals surface area contributed by atoms with E-state index >= 15 is 0 Å².